The fourth-order valence-corrected chi connectivity index (χ4v) is 1.44. The molecule has 0 aromatic carbocycles. The Hall–Kier alpha value is -0.830. The lowest BCUT2D eigenvalue weighted by molar-refractivity contribution is 0.536. The van der Waals surface area contributed by atoms with Gasteiger partial charge in [0.05, 0.1) is 11.9 Å². The van der Waals surface area contributed by atoms with Gasteiger partial charge in [0, 0.05) is 12.6 Å². The van der Waals surface area contributed by atoms with Crippen LogP contribution in [0, 0.1) is 6.92 Å². The number of unbranched alkanes of at least 4 members (excludes halogenated alkanes) is 1. The highest BCUT2D eigenvalue weighted by Gasteiger charge is 2.07. The average Bonchev–Trinajstić information content (AvgIpc) is 2.43. The number of aryl methyl sites for hydroxylation is 2. The molecule has 1 aromatic heterocycles. The summed E-state index contributed by atoms with van der Waals surface area (Å²) in [5.41, 5.74) is 6.88. The van der Waals surface area contributed by atoms with Gasteiger partial charge < -0.3 is 10.3 Å². The van der Waals surface area contributed by atoms with E-state index in [4.69, 9.17) is 5.73 Å². The van der Waals surface area contributed by atoms with Crippen molar-refractivity contribution in [3.8, 4) is 0 Å². The van der Waals surface area contributed by atoms with Gasteiger partial charge in [-0.15, -0.1) is 0 Å². The molecule has 0 radical (unpaired) electrons. The largest absolute Gasteiger partial charge is 0.319 e. The number of rotatable bonds is 4. The molecule has 0 aliphatic heterocycles. The minimum absolute atomic E-state index is 0.0352. The number of nitrogens with two attached hydrogens (primary N) is 1. The maximum absolute atomic E-state index is 5.82. The molecule has 1 aromatic rings. The Morgan fingerprint density at radius 2 is 2.31 bits per heavy atom. The van der Waals surface area contributed by atoms with Crippen LogP contribution in [0.15, 0.2) is 6.20 Å². The van der Waals surface area contributed by atoms with Gasteiger partial charge in [-0.1, -0.05) is 13.3 Å². The van der Waals surface area contributed by atoms with Crippen LogP contribution >= 0.6 is 0 Å². The molecule has 0 aliphatic rings. The van der Waals surface area contributed by atoms with Crippen molar-refractivity contribution in [1.82, 2.24) is 9.55 Å². The lowest BCUT2D eigenvalue weighted by Crippen LogP contribution is -2.16. The van der Waals surface area contributed by atoms with Crippen molar-refractivity contribution >= 4 is 0 Å². The molecule has 1 unspecified atom stereocenters. The van der Waals surface area contributed by atoms with Crippen molar-refractivity contribution in [2.75, 3.05) is 0 Å². The summed E-state index contributed by atoms with van der Waals surface area (Å²) in [5, 5.41) is 0. The van der Waals surface area contributed by atoms with E-state index in [9.17, 15) is 0 Å². The molecule has 3 heteroatoms. The SMILES string of the molecule is CCCCc1nc(C)cn1C(C)N. The summed E-state index contributed by atoms with van der Waals surface area (Å²) in [6, 6.07) is 0. The molecule has 74 valence electrons. The smallest absolute Gasteiger partial charge is 0.110 e. The predicted molar refractivity (Wildman–Crippen MR) is 54.5 cm³/mol. The predicted octanol–water partition coefficient (Wildman–Crippen LogP) is 2.01. The Labute approximate surface area is 80.0 Å². The van der Waals surface area contributed by atoms with E-state index in [1.54, 1.807) is 0 Å². The second-order valence-corrected chi connectivity index (χ2v) is 3.55. The van der Waals surface area contributed by atoms with Gasteiger partial charge in [-0.2, -0.15) is 0 Å². The number of nitrogens with zero attached hydrogens (tertiary/aromatic N) is 2. The van der Waals surface area contributed by atoms with E-state index in [1.165, 1.54) is 12.8 Å². The molecule has 1 rings (SSSR count). The first-order valence-corrected chi connectivity index (χ1v) is 4.95. The third-order valence-corrected chi connectivity index (χ3v) is 2.12. The Morgan fingerprint density at radius 1 is 1.62 bits per heavy atom. The van der Waals surface area contributed by atoms with Crippen LogP contribution in [0.3, 0.4) is 0 Å². The van der Waals surface area contributed by atoms with Crippen LogP contribution in [-0.4, -0.2) is 9.55 Å². The van der Waals surface area contributed by atoms with Crippen LogP contribution in [0.4, 0.5) is 0 Å². The first kappa shape index (κ1) is 10.3. The second-order valence-electron chi connectivity index (χ2n) is 3.55. The van der Waals surface area contributed by atoms with Gasteiger partial charge in [0.15, 0.2) is 0 Å². The molecule has 1 heterocycles. The van der Waals surface area contributed by atoms with E-state index in [0.29, 0.717) is 0 Å². The zero-order chi connectivity index (χ0) is 9.84. The Balaban J connectivity index is 2.78. The van der Waals surface area contributed by atoms with E-state index >= 15 is 0 Å². The van der Waals surface area contributed by atoms with Gasteiger partial charge in [-0.3, -0.25) is 0 Å². The average molecular weight is 181 g/mol. The van der Waals surface area contributed by atoms with E-state index in [2.05, 4.69) is 16.5 Å². The Kier molecular flexibility index (Phi) is 3.48. The van der Waals surface area contributed by atoms with Gasteiger partial charge in [0.2, 0.25) is 0 Å². The third kappa shape index (κ3) is 2.56. The van der Waals surface area contributed by atoms with Crippen LogP contribution in [-0.2, 0) is 6.42 Å². The van der Waals surface area contributed by atoms with Gasteiger partial charge in [0.1, 0.15) is 5.82 Å². The van der Waals surface area contributed by atoms with Crippen LogP contribution in [0.5, 0.6) is 0 Å². The van der Waals surface area contributed by atoms with E-state index in [-0.39, 0.29) is 6.17 Å². The fraction of sp³-hybridized carbons (Fsp3) is 0.700. The molecule has 0 bridgehead atoms. The molecule has 0 spiro atoms. The quantitative estimate of drug-likeness (QED) is 0.772. The van der Waals surface area contributed by atoms with E-state index in [1.807, 2.05) is 20.0 Å². The summed E-state index contributed by atoms with van der Waals surface area (Å²) >= 11 is 0. The molecule has 13 heavy (non-hydrogen) atoms. The monoisotopic (exact) mass is 181 g/mol. The summed E-state index contributed by atoms with van der Waals surface area (Å²) in [7, 11) is 0. The molecule has 3 nitrogen and oxygen atoms in total. The van der Waals surface area contributed by atoms with Crippen molar-refractivity contribution in [1.29, 1.82) is 0 Å². The summed E-state index contributed by atoms with van der Waals surface area (Å²) in [4.78, 5) is 4.45. The highest BCUT2D eigenvalue weighted by Crippen LogP contribution is 2.10. The number of hydrogen-bond acceptors (Lipinski definition) is 2. The highest BCUT2D eigenvalue weighted by atomic mass is 15.1. The first-order valence-electron chi connectivity index (χ1n) is 4.95. The molecule has 0 amide bonds. The van der Waals surface area contributed by atoms with Crippen molar-refractivity contribution in [3.05, 3.63) is 17.7 Å². The number of hydrogen-bond donors (Lipinski definition) is 1. The second kappa shape index (κ2) is 4.42. The van der Waals surface area contributed by atoms with Crippen molar-refractivity contribution in [2.45, 2.75) is 46.2 Å². The topological polar surface area (TPSA) is 43.8 Å². The molecule has 0 fully saturated rings. The molecule has 0 saturated heterocycles. The Bertz CT molecular complexity index is 263. The summed E-state index contributed by atoms with van der Waals surface area (Å²) in [6.45, 7) is 6.18. The molecule has 0 aliphatic carbocycles. The minimum Gasteiger partial charge on any atom is -0.319 e. The lowest BCUT2D eigenvalue weighted by atomic mass is 10.2. The number of imidazole rings is 1. The maximum Gasteiger partial charge on any atom is 0.110 e. The van der Waals surface area contributed by atoms with E-state index in [0.717, 1.165) is 17.9 Å². The first-order chi connectivity index (χ1) is 6.15. The maximum atomic E-state index is 5.82. The molecular weight excluding hydrogens is 162 g/mol. The molecular formula is C10H19N3. The summed E-state index contributed by atoms with van der Waals surface area (Å²) < 4.78 is 2.06. The van der Waals surface area contributed by atoms with Gasteiger partial charge in [-0.25, -0.2) is 4.98 Å². The van der Waals surface area contributed by atoms with E-state index < -0.39 is 0 Å². The highest BCUT2D eigenvalue weighted by molar-refractivity contribution is 5.03. The fourth-order valence-electron chi connectivity index (χ4n) is 1.44. The molecule has 1 atom stereocenters. The van der Waals surface area contributed by atoms with Crippen molar-refractivity contribution in [2.24, 2.45) is 5.73 Å². The lowest BCUT2D eigenvalue weighted by Gasteiger charge is -2.10. The standard InChI is InChI=1S/C10H19N3/c1-4-5-6-10-12-8(2)7-13(10)9(3)11/h7,9H,4-6,11H2,1-3H3. The van der Waals surface area contributed by atoms with Gasteiger partial charge >= 0.3 is 0 Å². The van der Waals surface area contributed by atoms with Crippen LogP contribution in [0.2, 0.25) is 0 Å². The van der Waals surface area contributed by atoms with Crippen LogP contribution in [0.25, 0.3) is 0 Å². The van der Waals surface area contributed by atoms with Crippen LogP contribution < -0.4 is 5.73 Å². The molecule has 0 saturated carbocycles. The zero-order valence-electron chi connectivity index (χ0n) is 8.75. The third-order valence-electron chi connectivity index (χ3n) is 2.12. The van der Waals surface area contributed by atoms with Crippen LogP contribution in [0.1, 0.15) is 44.4 Å². The molecule has 2 N–H and O–H groups in total. The normalized spacial score (nSPS) is 13.2. The zero-order valence-corrected chi connectivity index (χ0v) is 8.75. The van der Waals surface area contributed by atoms with Gasteiger partial charge in [0.25, 0.3) is 0 Å². The number of aromatic nitrogens is 2. The summed E-state index contributed by atoms with van der Waals surface area (Å²) in [5.74, 6) is 1.12. The minimum atomic E-state index is 0.0352. The van der Waals surface area contributed by atoms with Crippen molar-refractivity contribution in [3.63, 3.8) is 0 Å². The Morgan fingerprint density at radius 3 is 2.85 bits per heavy atom. The van der Waals surface area contributed by atoms with Crippen molar-refractivity contribution < 1.29 is 0 Å². The van der Waals surface area contributed by atoms with Gasteiger partial charge in [-0.05, 0) is 20.3 Å². The summed E-state index contributed by atoms with van der Waals surface area (Å²) in [6.07, 6.45) is 5.48.